The molecule has 1 rings (SSSR count). The maximum Gasteiger partial charge on any atom is 0.217 e. The van der Waals surface area contributed by atoms with Crippen molar-refractivity contribution in [3.63, 3.8) is 0 Å². The SMILES string of the molecule is Cc1cc(CS(=O)(=O)NCC(C)CO)no1. The summed E-state index contributed by atoms with van der Waals surface area (Å²) in [6, 6.07) is 1.58. The summed E-state index contributed by atoms with van der Waals surface area (Å²) in [4.78, 5) is 0. The molecule has 0 bridgehead atoms. The number of nitrogens with one attached hydrogen (secondary N) is 1. The Labute approximate surface area is 94.7 Å². The molecular weight excluding hydrogens is 232 g/mol. The van der Waals surface area contributed by atoms with Crippen LogP contribution in [0.3, 0.4) is 0 Å². The Hall–Kier alpha value is -0.920. The van der Waals surface area contributed by atoms with E-state index in [-0.39, 0.29) is 24.8 Å². The van der Waals surface area contributed by atoms with Crippen LogP contribution < -0.4 is 4.72 Å². The van der Waals surface area contributed by atoms with Crippen LogP contribution in [0, 0.1) is 12.8 Å². The molecule has 1 atom stereocenters. The molecule has 0 radical (unpaired) electrons. The molecule has 0 saturated heterocycles. The van der Waals surface area contributed by atoms with Crippen molar-refractivity contribution < 1.29 is 18.0 Å². The van der Waals surface area contributed by atoms with Crippen molar-refractivity contribution >= 4 is 10.0 Å². The normalized spacial score (nSPS) is 13.9. The lowest BCUT2D eigenvalue weighted by Crippen LogP contribution is -2.30. The fourth-order valence-electron chi connectivity index (χ4n) is 1.07. The molecule has 1 aromatic heterocycles. The lowest BCUT2D eigenvalue weighted by Gasteiger charge is -2.09. The van der Waals surface area contributed by atoms with E-state index in [0.29, 0.717) is 11.5 Å². The van der Waals surface area contributed by atoms with E-state index in [4.69, 9.17) is 9.63 Å². The second-order valence-electron chi connectivity index (χ2n) is 3.82. The van der Waals surface area contributed by atoms with E-state index < -0.39 is 10.0 Å². The Balaban J connectivity index is 2.52. The average Bonchev–Trinajstić information content (AvgIpc) is 2.59. The van der Waals surface area contributed by atoms with Crippen molar-refractivity contribution in [2.45, 2.75) is 19.6 Å². The minimum atomic E-state index is -3.41. The van der Waals surface area contributed by atoms with E-state index in [1.807, 2.05) is 0 Å². The van der Waals surface area contributed by atoms with E-state index >= 15 is 0 Å². The zero-order valence-corrected chi connectivity index (χ0v) is 10.1. The quantitative estimate of drug-likeness (QED) is 0.741. The highest BCUT2D eigenvalue weighted by atomic mass is 32.2. The van der Waals surface area contributed by atoms with Gasteiger partial charge in [-0.15, -0.1) is 0 Å². The van der Waals surface area contributed by atoms with Gasteiger partial charge in [-0.1, -0.05) is 12.1 Å². The topological polar surface area (TPSA) is 92.4 Å². The average molecular weight is 248 g/mol. The minimum Gasteiger partial charge on any atom is -0.396 e. The molecule has 92 valence electrons. The Morgan fingerprint density at radius 3 is 2.81 bits per heavy atom. The number of aliphatic hydroxyl groups excluding tert-OH is 1. The monoisotopic (exact) mass is 248 g/mol. The van der Waals surface area contributed by atoms with Crippen LogP contribution in [0.5, 0.6) is 0 Å². The van der Waals surface area contributed by atoms with E-state index in [1.54, 1.807) is 19.9 Å². The van der Waals surface area contributed by atoms with Crippen LogP contribution in [0.1, 0.15) is 18.4 Å². The van der Waals surface area contributed by atoms with Gasteiger partial charge < -0.3 is 9.63 Å². The molecule has 6 nitrogen and oxygen atoms in total. The molecule has 0 amide bonds. The van der Waals surface area contributed by atoms with E-state index in [9.17, 15) is 8.42 Å². The molecule has 0 aliphatic carbocycles. The summed E-state index contributed by atoms with van der Waals surface area (Å²) >= 11 is 0. The van der Waals surface area contributed by atoms with Gasteiger partial charge in [0, 0.05) is 19.2 Å². The van der Waals surface area contributed by atoms with Gasteiger partial charge in [0.1, 0.15) is 17.2 Å². The molecule has 0 aromatic carbocycles. The number of hydrogen-bond acceptors (Lipinski definition) is 5. The fourth-order valence-corrected chi connectivity index (χ4v) is 2.23. The van der Waals surface area contributed by atoms with Gasteiger partial charge in [-0.2, -0.15) is 0 Å². The summed E-state index contributed by atoms with van der Waals surface area (Å²) < 4.78 is 30.3. The lowest BCUT2D eigenvalue weighted by atomic mass is 10.2. The van der Waals surface area contributed by atoms with Crippen molar-refractivity contribution in [1.82, 2.24) is 9.88 Å². The Kier molecular flexibility index (Phi) is 4.45. The van der Waals surface area contributed by atoms with Crippen LogP contribution in [-0.4, -0.2) is 31.8 Å². The zero-order chi connectivity index (χ0) is 12.2. The Morgan fingerprint density at radius 2 is 2.31 bits per heavy atom. The number of aryl methyl sites for hydroxylation is 1. The van der Waals surface area contributed by atoms with Gasteiger partial charge in [0.2, 0.25) is 10.0 Å². The second-order valence-corrected chi connectivity index (χ2v) is 5.63. The Bertz CT molecular complexity index is 426. The third kappa shape index (κ3) is 4.30. The molecule has 0 saturated carbocycles. The first-order chi connectivity index (χ1) is 7.43. The highest BCUT2D eigenvalue weighted by molar-refractivity contribution is 7.88. The van der Waals surface area contributed by atoms with Crippen LogP contribution >= 0.6 is 0 Å². The first kappa shape index (κ1) is 13.1. The molecule has 16 heavy (non-hydrogen) atoms. The summed E-state index contributed by atoms with van der Waals surface area (Å²) in [5.41, 5.74) is 0.377. The summed E-state index contributed by atoms with van der Waals surface area (Å²) in [6.07, 6.45) is 0. The van der Waals surface area contributed by atoms with Crippen molar-refractivity contribution in [2.75, 3.05) is 13.2 Å². The highest BCUT2D eigenvalue weighted by Crippen LogP contribution is 2.05. The highest BCUT2D eigenvalue weighted by Gasteiger charge is 2.15. The number of sulfonamides is 1. The van der Waals surface area contributed by atoms with E-state index in [0.717, 1.165) is 0 Å². The maximum absolute atomic E-state index is 11.6. The van der Waals surface area contributed by atoms with Gasteiger partial charge in [-0.3, -0.25) is 0 Å². The van der Waals surface area contributed by atoms with Gasteiger partial charge in [-0.25, -0.2) is 13.1 Å². The second kappa shape index (κ2) is 5.42. The van der Waals surface area contributed by atoms with Crippen molar-refractivity contribution in [3.8, 4) is 0 Å². The van der Waals surface area contributed by atoms with E-state index in [1.165, 1.54) is 0 Å². The molecule has 0 aliphatic rings. The van der Waals surface area contributed by atoms with Crippen LogP contribution in [-0.2, 0) is 15.8 Å². The lowest BCUT2D eigenvalue weighted by molar-refractivity contribution is 0.238. The minimum absolute atomic E-state index is 0.0500. The standard InChI is InChI=1S/C9H16N2O4S/c1-7(5-12)4-10-16(13,14)6-9-3-8(2)15-11-9/h3,7,10,12H,4-6H2,1-2H3. The molecule has 1 aromatic rings. The molecule has 0 fully saturated rings. The molecule has 1 unspecified atom stereocenters. The van der Waals surface area contributed by atoms with Crippen LogP contribution in [0.4, 0.5) is 0 Å². The number of nitrogens with zero attached hydrogens (tertiary/aromatic N) is 1. The summed E-state index contributed by atoms with van der Waals surface area (Å²) in [5, 5.41) is 12.4. The van der Waals surface area contributed by atoms with Gasteiger partial charge in [0.15, 0.2) is 0 Å². The predicted molar refractivity (Wildman–Crippen MR) is 58.1 cm³/mol. The fraction of sp³-hybridized carbons (Fsp3) is 0.667. The van der Waals surface area contributed by atoms with Crippen LogP contribution in [0.25, 0.3) is 0 Å². The first-order valence-electron chi connectivity index (χ1n) is 4.93. The number of aliphatic hydroxyl groups is 1. The van der Waals surface area contributed by atoms with Gasteiger partial charge in [0.05, 0.1) is 0 Å². The van der Waals surface area contributed by atoms with Crippen molar-refractivity contribution in [2.24, 2.45) is 5.92 Å². The summed E-state index contributed by atoms with van der Waals surface area (Å²) in [7, 11) is -3.41. The molecule has 7 heteroatoms. The van der Waals surface area contributed by atoms with Crippen LogP contribution in [0.15, 0.2) is 10.6 Å². The molecule has 0 aliphatic heterocycles. The van der Waals surface area contributed by atoms with Crippen molar-refractivity contribution in [1.29, 1.82) is 0 Å². The molecule has 0 spiro atoms. The molecule has 1 heterocycles. The molecular formula is C9H16N2O4S. The largest absolute Gasteiger partial charge is 0.396 e. The maximum atomic E-state index is 11.6. The van der Waals surface area contributed by atoms with Gasteiger partial charge in [-0.05, 0) is 12.8 Å². The smallest absolute Gasteiger partial charge is 0.217 e. The third-order valence-electron chi connectivity index (χ3n) is 1.98. The summed E-state index contributed by atoms with van der Waals surface area (Å²) in [6.45, 7) is 3.62. The summed E-state index contributed by atoms with van der Waals surface area (Å²) in [5.74, 6) is 0.269. The van der Waals surface area contributed by atoms with E-state index in [2.05, 4.69) is 9.88 Å². The molecule has 2 N–H and O–H groups in total. The number of rotatable bonds is 6. The predicted octanol–water partition coefficient (Wildman–Crippen LogP) is 0.0308. The first-order valence-corrected chi connectivity index (χ1v) is 6.58. The zero-order valence-electron chi connectivity index (χ0n) is 9.30. The third-order valence-corrected chi connectivity index (χ3v) is 3.26. The van der Waals surface area contributed by atoms with Crippen LogP contribution in [0.2, 0.25) is 0 Å². The number of hydrogen-bond donors (Lipinski definition) is 2. The number of aromatic nitrogens is 1. The van der Waals surface area contributed by atoms with Gasteiger partial charge >= 0.3 is 0 Å². The van der Waals surface area contributed by atoms with Crippen molar-refractivity contribution in [3.05, 3.63) is 17.5 Å². The van der Waals surface area contributed by atoms with Gasteiger partial charge in [0.25, 0.3) is 0 Å². The Morgan fingerprint density at radius 1 is 1.62 bits per heavy atom.